The van der Waals surface area contributed by atoms with E-state index in [9.17, 15) is 4.79 Å². The summed E-state index contributed by atoms with van der Waals surface area (Å²) in [5.41, 5.74) is 2.08. The first-order valence-electron chi connectivity index (χ1n) is 7.57. The Balaban J connectivity index is 1.96. The minimum absolute atomic E-state index is 0.164. The van der Waals surface area contributed by atoms with Gasteiger partial charge in [0.05, 0.1) is 12.6 Å². The van der Waals surface area contributed by atoms with Crippen LogP contribution < -0.4 is 10.1 Å². The Morgan fingerprint density at radius 2 is 1.88 bits per heavy atom. The lowest BCUT2D eigenvalue weighted by Gasteiger charge is -2.11. The fourth-order valence-corrected chi connectivity index (χ4v) is 2.85. The summed E-state index contributed by atoms with van der Waals surface area (Å²) in [6.07, 6.45) is 0. The number of methoxy groups -OCH3 is 1. The minimum Gasteiger partial charge on any atom is -0.494 e. The molecule has 25 heavy (non-hydrogen) atoms. The lowest BCUT2D eigenvalue weighted by Crippen LogP contribution is -2.18. The summed E-state index contributed by atoms with van der Waals surface area (Å²) in [7, 11) is 1.55. The molecule has 0 aliphatic carbocycles. The molecule has 0 unspecified atom stereocenters. The van der Waals surface area contributed by atoms with Gasteiger partial charge in [-0.15, -0.1) is 0 Å². The second-order valence-electron chi connectivity index (χ2n) is 5.27. The summed E-state index contributed by atoms with van der Waals surface area (Å²) in [4.78, 5) is 12.9. The third-order valence-electron chi connectivity index (χ3n) is 3.84. The molecule has 2 N–H and O–H groups in total. The van der Waals surface area contributed by atoms with Crippen molar-refractivity contribution in [3.63, 3.8) is 0 Å². The Morgan fingerprint density at radius 3 is 2.60 bits per heavy atom. The van der Waals surface area contributed by atoms with Crippen LogP contribution in [-0.4, -0.2) is 38.2 Å². The monoisotopic (exact) mass is 334 g/mol. The number of aromatic amines is 1. The van der Waals surface area contributed by atoms with Crippen molar-refractivity contribution in [2.45, 2.75) is 0 Å². The molecule has 0 atom stereocenters. The Bertz CT molecular complexity index is 1020. The smallest absolute Gasteiger partial charge is 0.278 e. The number of carbonyl (C=O) groups excluding carboxylic acids is 1. The molecule has 0 aliphatic heterocycles. The summed E-state index contributed by atoms with van der Waals surface area (Å²) in [6.45, 7) is 0. The van der Waals surface area contributed by atoms with Crippen molar-refractivity contribution in [1.82, 2.24) is 25.2 Å². The van der Waals surface area contributed by atoms with Gasteiger partial charge in [-0.25, -0.2) is 5.10 Å². The Kier molecular flexibility index (Phi) is 3.62. The highest BCUT2D eigenvalue weighted by molar-refractivity contribution is 6.10. The number of nitrogens with zero attached hydrogens (tertiary/aromatic N) is 4. The largest absolute Gasteiger partial charge is 0.494 e. The number of carbonyl (C=O) groups is 1. The van der Waals surface area contributed by atoms with E-state index in [-0.39, 0.29) is 11.9 Å². The maximum Gasteiger partial charge on any atom is 0.278 e. The number of hydrogen-bond donors (Lipinski definition) is 2. The maximum atomic E-state index is 12.9. The SMILES string of the molecule is COc1c(C(=O)Nc2nnn[nH]2)n(-c2ccccc2)c2ccccc12. The average Bonchev–Trinajstić information content (AvgIpc) is 3.27. The van der Waals surface area contributed by atoms with Gasteiger partial charge in [0.25, 0.3) is 5.91 Å². The molecule has 124 valence electrons. The molecule has 0 bridgehead atoms. The fourth-order valence-electron chi connectivity index (χ4n) is 2.85. The maximum absolute atomic E-state index is 12.9. The van der Waals surface area contributed by atoms with E-state index in [0.29, 0.717) is 11.4 Å². The number of amides is 1. The zero-order valence-electron chi connectivity index (χ0n) is 13.3. The van der Waals surface area contributed by atoms with Gasteiger partial charge in [0.15, 0.2) is 11.4 Å². The van der Waals surface area contributed by atoms with Crippen LogP contribution in [0.1, 0.15) is 10.5 Å². The standard InChI is InChI=1S/C17H14N6O2/c1-25-15-12-9-5-6-10-13(12)23(11-7-3-2-4-8-11)14(15)16(24)18-17-19-21-22-20-17/h2-10H,1H3,(H2,18,19,20,21,22,24). The number of aromatic nitrogens is 5. The number of ether oxygens (including phenoxy) is 1. The molecular weight excluding hydrogens is 320 g/mol. The Hall–Kier alpha value is -3.68. The predicted molar refractivity (Wildman–Crippen MR) is 92.0 cm³/mol. The molecule has 0 fully saturated rings. The highest BCUT2D eigenvalue weighted by Gasteiger charge is 2.25. The number of para-hydroxylation sites is 2. The Labute approximate surface area is 142 Å². The van der Waals surface area contributed by atoms with Crippen LogP contribution in [-0.2, 0) is 0 Å². The highest BCUT2D eigenvalue weighted by Crippen LogP contribution is 2.35. The van der Waals surface area contributed by atoms with E-state index >= 15 is 0 Å². The number of nitrogens with one attached hydrogen (secondary N) is 2. The van der Waals surface area contributed by atoms with Crippen molar-refractivity contribution in [1.29, 1.82) is 0 Å². The first kappa shape index (κ1) is 14.9. The number of fused-ring (bicyclic) bond motifs is 1. The molecule has 1 amide bonds. The number of benzene rings is 2. The zero-order valence-corrected chi connectivity index (χ0v) is 13.3. The summed E-state index contributed by atoms with van der Waals surface area (Å²) in [5, 5.41) is 16.6. The molecule has 0 aliphatic rings. The van der Waals surface area contributed by atoms with Crippen molar-refractivity contribution >= 4 is 22.8 Å². The number of hydrogen-bond acceptors (Lipinski definition) is 5. The van der Waals surface area contributed by atoms with Gasteiger partial charge in [-0.3, -0.25) is 10.1 Å². The zero-order chi connectivity index (χ0) is 17.2. The van der Waals surface area contributed by atoms with Crippen LogP contribution in [0.15, 0.2) is 54.6 Å². The molecule has 8 nitrogen and oxygen atoms in total. The number of H-pyrrole nitrogens is 1. The van der Waals surface area contributed by atoms with E-state index in [1.54, 1.807) is 7.11 Å². The first-order chi connectivity index (χ1) is 12.3. The quantitative estimate of drug-likeness (QED) is 0.597. The highest BCUT2D eigenvalue weighted by atomic mass is 16.5. The molecule has 0 saturated carbocycles. The van der Waals surface area contributed by atoms with E-state index < -0.39 is 0 Å². The Morgan fingerprint density at radius 1 is 1.12 bits per heavy atom. The van der Waals surface area contributed by atoms with E-state index in [0.717, 1.165) is 16.6 Å². The van der Waals surface area contributed by atoms with Gasteiger partial charge in [-0.2, -0.15) is 0 Å². The van der Waals surface area contributed by atoms with Crippen LogP contribution in [0.3, 0.4) is 0 Å². The van der Waals surface area contributed by atoms with Crippen LogP contribution in [0.25, 0.3) is 16.6 Å². The van der Waals surface area contributed by atoms with Crippen molar-refractivity contribution in [3.05, 3.63) is 60.3 Å². The van der Waals surface area contributed by atoms with Crippen molar-refractivity contribution < 1.29 is 9.53 Å². The summed E-state index contributed by atoms with van der Waals surface area (Å²) in [6, 6.07) is 17.3. The second-order valence-corrected chi connectivity index (χ2v) is 5.27. The van der Waals surface area contributed by atoms with E-state index in [1.165, 1.54) is 0 Å². The topological polar surface area (TPSA) is 97.7 Å². The van der Waals surface area contributed by atoms with Gasteiger partial charge >= 0.3 is 0 Å². The molecule has 0 saturated heterocycles. The summed E-state index contributed by atoms with van der Waals surface area (Å²) < 4.78 is 7.41. The van der Waals surface area contributed by atoms with Gasteiger partial charge in [-0.05, 0) is 34.7 Å². The molecule has 0 spiro atoms. The third kappa shape index (κ3) is 2.49. The first-order valence-corrected chi connectivity index (χ1v) is 7.57. The van der Waals surface area contributed by atoms with Crippen LogP contribution >= 0.6 is 0 Å². The van der Waals surface area contributed by atoms with Crippen LogP contribution in [0.4, 0.5) is 5.95 Å². The molecule has 2 aromatic heterocycles. The minimum atomic E-state index is -0.379. The average molecular weight is 334 g/mol. The van der Waals surface area contributed by atoms with E-state index in [2.05, 4.69) is 25.9 Å². The molecular formula is C17H14N6O2. The van der Waals surface area contributed by atoms with Gasteiger partial charge in [0.1, 0.15) is 0 Å². The number of rotatable bonds is 4. The van der Waals surface area contributed by atoms with Crippen molar-refractivity contribution in [2.24, 2.45) is 0 Å². The number of tetrazole rings is 1. The van der Waals surface area contributed by atoms with E-state index in [4.69, 9.17) is 4.74 Å². The van der Waals surface area contributed by atoms with Crippen LogP contribution in [0.2, 0.25) is 0 Å². The lowest BCUT2D eigenvalue weighted by atomic mass is 10.2. The molecule has 8 heteroatoms. The third-order valence-corrected chi connectivity index (χ3v) is 3.84. The second kappa shape index (κ2) is 6.08. The van der Waals surface area contributed by atoms with Crippen molar-refractivity contribution in [2.75, 3.05) is 12.4 Å². The molecule has 2 aromatic carbocycles. The number of anilines is 1. The summed E-state index contributed by atoms with van der Waals surface area (Å²) in [5.74, 6) is 0.275. The van der Waals surface area contributed by atoms with Crippen LogP contribution in [0.5, 0.6) is 5.75 Å². The van der Waals surface area contributed by atoms with Gasteiger partial charge < -0.3 is 9.30 Å². The molecule has 0 radical (unpaired) electrons. The molecule has 4 aromatic rings. The van der Waals surface area contributed by atoms with Crippen LogP contribution in [0, 0.1) is 0 Å². The molecule has 2 heterocycles. The molecule has 4 rings (SSSR count). The van der Waals surface area contributed by atoms with Crippen molar-refractivity contribution in [3.8, 4) is 11.4 Å². The van der Waals surface area contributed by atoms with Gasteiger partial charge in [0.2, 0.25) is 5.95 Å². The van der Waals surface area contributed by atoms with Gasteiger partial charge in [-0.1, -0.05) is 35.4 Å². The van der Waals surface area contributed by atoms with E-state index in [1.807, 2.05) is 59.2 Å². The lowest BCUT2D eigenvalue weighted by molar-refractivity contribution is 0.101. The van der Waals surface area contributed by atoms with Gasteiger partial charge in [0, 0.05) is 11.1 Å². The normalized spacial score (nSPS) is 10.8. The fraction of sp³-hybridized carbons (Fsp3) is 0.0588. The summed E-state index contributed by atoms with van der Waals surface area (Å²) >= 11 is 0. The predicted octanol–water partition coefficient (Wildman–Crippen LogP) is 2.40.